The lowest BCUT2D eigenvalue weighted by molar-refractivity contribution is 0.0736. The summed E-state index contributed by atoms with van der Waals surface area (Å²) < 4.78 is 26.7. The van der Waals surface area contributed by atoms with E-state index < -0.39 is 10.0 Å². The van der Waals surface area contributed by atoms with Gasteiger partial charge < -0.3 is 4.90 Å². The standard InChI is InChI=1S/C21H24N2O3S/c1-2-14-22-27(25,26)20-12-10-18(11-13-20)21(24)23-15-6-9-19(23)16-17-7-4-3-5-8-17/h2-5,7-8,10-13,19,22H,1,6,9,14-16H2. The molecule has 1 amide bonds. The van der Waals surface area contributed by atoms with E-state index in [9.17, 15) is 13.2 Å². The van der Waals surface area contributed by atoms with Crippen molar-refractivity contribution >= 4 is 15.9 Å². The molecule has 1 saturated heterocycles. The zero-order chi connectivity index (χ0) is 19.3. The molecule has 142 valence electrons. The summed E-state index contributed by atoms with van der Waals surface area (Å²) >= 11 is 0. The maximum atomic E-state index is 12.9. The molecule has 5 nitrogen and oxygen atoms in total. The number of amides is 1. The van der Waals surface area contributed by atoms with Crippen molar-refractivity contribution in [2.45, 2.75) is 30.2 Å². The third kappa shape index (κ3) is 4.64. The molecule has 1 N–H and O–H groups in total. The van der Waals surface area contributed by atoms with Crippen molar-refractivity contribution in [1.29, 1.82) is 0 Å². The summed E-state index contributed by atoms with van der Waals surface area (Å²) in [6, 6.07) is 16.5. The molecular formula is C21H24N2O3S. The van der Waals surface area contributed by atoms with Gasteiger partial charge in [0, 0.05) is 24.7 Å². The average molecular weight is 385 g/mol. The van der Waals surface area contributed by atoms with Crippen molar-refractivity contribution in [2.24, 2.45) is 0 Å². The quantitative estimate of drug-likeness (QED) is 0.747. The Labute approximate surface area is 160 Å². The number of benzene rings is 2. The largest absolute Gasteiger partial charge is 0.335 e. The van der Waals surface area contributed by atoms with Gasteiger partial charge in [0.2, 0.25) is 10.0 Å². The van der Waals surface area contributed by atoms with E-state index in [0.29, 0.717) is 5.56 Å². The van der Waals surface area contributed by atoms with Gasteiger partial charge in [-0.15, -0.1) is 6.58 Å². The van der Waals surface area contributed by atoms with Crippen molar-refractivity contribution < 1.29 is 13.2 Å². The molecule has 1 aliphatic heterocycles. The lowest BCUT2D eigenvalue weighted by Crippen LogP contribution is -2.36. The Morgan fingerprint density at radius 1 is 1.15 bits per heavy atom. The highest BCUT2D eigenvalue weighted by atomic mass is 32.2. The SMILES string of the molecule is C=CCNS(=O)(=O)c1ccc(C(=O)N2CCCC2Cc2ccccc2)cc1. The third-order valence-corrected chi connectivity index (χ3v) is 6.22. The van der Waals surface area contributed by atoms with E-state index in [4.69, 9.17) is 0 Å². The molecule has 1 fully saturated rings. The Bertz CT molecular complexity index is 893. The number of nitrogens with one attached hydrogen (secondary N) is 1. The molecular weight excluding hydrogens is 360 g/mol. The van der Waals surface area contributed by atoms with Crippen LogP contribution >= 0.6 is 0 Å². The van der Waals surface area contributed by atoms with Crippen LogP contribution in [0.4, 0.5) is 0 Å². The van der Waals surface area contributed by atoms with Gasteiger partial charge in [0.1, 0.15) is 0 Å². The Kier molecular flexibility index (Phi) is 6.08. The monoisotopic (exact) mass is 384 g/mol. The zero-order valence-electron chi connectivity index (χ0n) is 15.2. The fourth-order valence-electron chi connectivity index (χ4n) is 3.40. The minimum Gasteiger partial charge on any atom is -0.335 e. The second-order valence-corrected chi connectivity index (χ2v) is 8.42. The lowest BCUT2D eigenvalue weighted by atomic mass is 10.0. The molecule has 1 aliphatic rings. The number of rotatable bonds is 7. The smallest absolute Gasteiger partial charge is 0.254 e. The second-order valence-electron chi connectivity index (χ2n) is 6.65. The van der Waals surface area contributed by atoms with Crippen LogP contribution in [-0.2, 0) is 16.4 Å². The number of likely N-dealkylation sites (tertiary alicyclic amines) is 1. The fourth-order valence-corrected chi connectivity index (χ4v) is 4.39. The highest BCUT2D eigenvalue weighted by Crippen LogP contribution is 2.24. The Morgan fingerprint density at radius 2 is 1.85 bits per heavy atom. The summed E-state index contributed by atoms with van der Waals surface area (Å²) in [4.78, 5) is 15.0. The van der Waals surface area contributed by atoms with Crippen LogP contribution in [0.2, 0.25) is 0 Å². The van der Waals surface area contributed by atoms with E-state index in [1.54, 1.807) is 12.1 Å². The summed E-state index contributed by atoms with van der Waals surface area (Å²) in [5.41, 5.74) is 1.73. The van der Waals surface area contributed by atoms with Crippen LogP contribution in [0.15, 0.2) is 72.1 Å². The predicted octanol–water partition coefficient (Wildman–Crippen LogP) is 3.00. The minimum atomic E-state index is -3.58. The van der Waals surface area contributed by atoms with E-state index in [2.05, 4.69) is 23.4 Å². The molecule has 2 aromatic rings. The summed E-state index contributed by atoms with van der Waals surface area (Å²) in [5.74, 6) is -0.0450. The average Bonchev–Trinajstić information content (AvgIpc) is 3.15. The molecule has 3 rings (SSSR count). The first-order valence-corrected chi connectivity index (χ1v) is 10.5. The van der Waals surface area contributed by atoms with Crippen LogP contribution in [0.5, 0.6) is 0 Å². The van der Waals surface area contributed by atoms with Gasteiger partial charge in [0.25, 0.3) is 5.91 Å². The molecule has 2 aromatic carbocycles. The number of sulfonamides is 1. The predicted molar refractivity (Wildman–Crippen MR) is 106 cm³/mol. The lowest BCUT2D eigenvalue weighted by Gasteiger charge is -2.25. The summed E-state index contributed by atoms with van der Waals surface area (Å²) in [7, 11) is -3.58. The van der Waals surface area contributed by atoms with Crippen molar-refractivity contribution in [2.75, 3.05) is 13.1 Å². The highest BCUT2D eigenvalue weighted by Gasteiger charge is 2.29. The normalized spacial score (nSPS) is 17.0. The van der Waals surface area contributed by atoms with Gasteiger partial charge in [-0.3, -0.25) is 4.79 Å². The maximum Gasteiger partial charge on any atom is 0.254 e. The van der Waals surface area contributed by atoms with Gasteiger partial charge >= 0.3 is 0 Å². The number of nitrogens with zero attached hydrogens (tertiary/aromatic N) is 1. The summed E-state index contributed by atoms with van der Waals surface area (Å²) in [5, 5.41) is 0. The molecule has 1 unspecified atom stereocenters. The molecule has 0 aliphatic carbocycles. The molecule has 0 spiro atoms. The Balaban J connectivity index is 1.72. The Hall–Kier alpha value is -2.44. The Morgan fingerprint density at radius 3 is 2.52 bits per heavy atom. The van der Waals surface area contributed by atoms with Gasteiger partial charge in [-0.05, 0) is 49.1 Å². The van der Waals surface area contributed by atoms with Gasteiger partial charge in [-0.25, -0.2) is 13.1 Å². The molecule has 0 bridgehead atoms. The van der Waals surface area contributed by atoms with Crippen LogP contribution in [0.25, 0.3) is 0 Å². The van der Waals surface area contributed by atoms with Crippen LogP contribution < -0.4 is 4.72 Å². The fraction of sp³-hybridized carbons (Fsp3) is 0.286. The highest BCUT2D eigenvalue weighted by molar-refractivity contribution is 7.89. The van der Waals surface area contributed by atoms with E-state index >= 15 is 0 Å². The first-order chi connectivity index (χ1) is 13.0. The molecule has 0 saturated carbocycles. The number of carbonyl (C=O) groups excluding carboxylic acids is 1. The number of carbonyl (C=O) groups is 1. The first-order valence-electron chi connectivity index (χ1n) is 9.07. The maximum absolute atomic E-state index is 12.9. The molecule has 27 heavy (non-hydrogen) atoms. The third-order valence-electron chi connectivity index (χ3n) is 4.78. The second kappa shape index (κ2) is 8.50. The van der Waals surface area contributed by atoms with Gasteiger partial charge in [-0.1, -0.05) is 36.4 Å². The minimum absolute atomic E-state index is 0.0450. The van der Waals surface area contributed by atoms with E-state index in [1.165, 1.54) is 23.8 Å². The number of hydrogen-bond acceptors (Lipinski definition) is 3. The van der Waals surface area contributed by atoms with Crippen LogP contribution in [0.3, 0.4) is 0 Å². The first kappa shape index (κ1) is 19.3. The molecule has 0 aromatic heterocycles. The molecule has 1 atom stereocenters. The number of hydrogen-bond donors (Lipinski definition) is 1. The van der Waals surface area contributed by atoms with Gasteiger partial charge in [0.05, 0.1) is 4.90 Å². The van der Waals surface area contributed by atoms with Crippen molar-refractivity contribution in [3.63, 3.8) is 0 Å². The zero-order valence-corrected chi connectivity index (χ0v) is 16.0. The van der Waals surface area contributed by atoms with Crippen LogP contribution in [0, 0.1) is 0 Å². The molecule has 6 heteroatoms. The topological polar surface area (TPSA) is 66.5 Å². The van der Waals surface area contributed by atoms with E-state index in [0.717, 1.165) is 25.8 Å². The van der Waals surface area contributed by atoms with E-state index in [-0.39, 0.29) is 23.4 Å². The molecule has 0 radical (unpaired) electrons. The summed E-state index contributed by atoms with van der Waals surface area (Å²) in [6.07, 6.45) is 4.29. The van der Waals surface area contributed by atoms with Gasteiger partial charge in [0.15, 0.2) is 0 Å². The van der Waals surface area contributed by atoms with Gasteiger partial charge in [-0.2, -0.15) is 0 Å². The van der Waals surface area contributed by atoms with Crippen LogP contribution in [-0.4, -0.2) is 38.4 Å². The van der Waals surface area contributed by atoms with Crippen molar-refractivity contribution in [3.8, 4) is 0 Å². The van der Waals surface area contributed by atoms with E-state index in [1.807, 2.05) is 23.1 Å². The van der Waals surface area contributed by atoms with Crippen molar-refractivity contribution in [3.05, 3.63) is 78.4 Å². The molecule has 1 heterocycles. The van der Waals surface area contributed by atoms with Crippen LogP contribution in [0.1, 0.15) is 28.8 Å². The summed E-state index contributed by atoms with van der Waals surface area (Å²) in [6.45, 7) is 4.40. The van der Waals surface area contributed by atoms with Crippen molar-refractivity contribution in [1.82, 2.24) is 9.62 Å².